The van der Waals surface area contributed by atoms with Gasteiger partial charge in [-0.25, -0.2) is 8.78 Å². The van der Waals surface area contributed by atoms with Gasteiger partial charge in [0.2, 0.25) is 0 Å². The summed E-state index contributed by atoms with van der Waals surface area (Å²) >= 11 is 0. The first-order chi connectivity index (χ1) is 10.2. The maximum absolute atomic E-state index is 14.0. The Morgan fingerprint density at radius 2 is 1.90 bits per heavy atom. The van der Waals surface area contributed by atoms with Gasteiger partial charge in [-0.05, 0) is 43.7 Å². The molecule has 1 aliphatic heterocycles. The van der Waals surface area contributed by atoms with Gasteiger partial charge in [-0.2, -0.15) is 0 Å². The Labute approximate surface area is 123 Å². The number of nitrogens with one attached hydrogen (secondary N) is 1. The second-order valence-corrected chi connectivity index (χ2v) is 6.27. The van der Waals surface area contributed by atoms with Gasteiger partial charge in [0.05, 0.1) is 11.6 Å². The van der Waals surface area contributed by atoms with Crippen molar-refractivity contribution in [2.75, 3.05) is 6.61 Å². The first kappa shape index (κ1) is 14.9. The summed E-state index contributed by atoms with van der Waals surface area (Å²) in [5.74, 6) is 4.65. The second kappa shape index (κ2) is 5.99. The molecule has 0 bridgehead atoms. The van der Waals surface area contributed by atoms with Gasteiger partial charge in [0, 0.05) is 12.2 Å². The maximum atomic E-state index is 14.0. The van der Waals surface area contributed by atoms with Crippen LogP contribution in [0.3, 0.4) is 0 Å². The second-order valence-electron chi connectivity index (χ2n) is 6.27. The number of hydrogen-bond donors (Lipinski definition) is 2. The van der Waals surface area contributed by atoms with Crippen molar-refractivity contribution in [3.63, 3.8) is 0 Å². The third kappa shape index (κ3) is 2.82. The molecule has 0 radical (unpaired) electrons. The predicted octanol–water partition coefficient (Wildman–Crippen LogP) is 3.21. The third-order valence-electron chi connectivity index (χ3n) is 5.01. The van der Waals surface area contributed by atoms with Crippen LogP contribution < -0.4 is 11.3 Å². The molecule has 2 fully saturated rings. The minimum atomic E-state index is -0.537. The molecular weight excluding hydrogens is 274 g/mol. The van der Waals surface area contributed by atoms with E-state index in [0.717, 1.165) is 25.7 Å². The molecule has 2 atom stereocenters. The van der Waals surface area contributed by atoms with Crippen LogP contribution in [0.2, 0.25) is 0 Å². The number of rotatable bonds is 3. The number of halogens is 2. The smallest absolute Gasteiger partial charge is 0.130 e. The molecule has 1 saturated carbocycles. The lowest BCUT2D eigenvalue weighted by Crippen LogP contribution is -2.44. The molecule has 3 nitrogen and oxygen atoms in total. The van der Waals surface area contributed by atoms with Crippen molar-refractivity contribution >= 4 is 0 Å². The summed E-state index contributed by atoms with van der Waals surface area (Å²) < 4.78 is 34.1. The summed E-state index contributed by atoms with van der Waals surface area (Å²) in [4.78, 5) is 0. The van der Waals surface area contributed by atoms with E-state index in [4.69, 9.17) is 10.6 Å². The molecule has 116 valence electrons. The van der Waals surface area contributed by atoms with Gasteiger partial charge >= 0.3 is 0 Å². The van der Waals surface area contributed by atoms with Crippen molar-refractivity contribution < 1.29 is 13.5 Å². The quantitative estimate of drug-likeness (QED) is 0.665. The Kier molecular flexibility index (Phi) is 4.24. The van der Waals surface area contributed by atoms with Crippen LogP contribution in [0, 0.1) is 17.6 Å². The van der Waals surface area contributed by atoms with Crippen LogP contribution in [0.15, 0.2) is 18.2 Å². The summed E-state index contributed by atoms with van der Waals surface area (Å²) in [6, 6.07) is 3.44. The Hall–Kier alpha value is -1.04. The fourth-order valence-corrected chi connectivity index (χ4v) is 3.98. The molecule has 21 heavy (non-hydrogen) atoms. The van der Waals surface area contributed by atoms with Crippen LogP contribution in [-0.4, -0.2) is 12.2 Å². The van der Waals surface area contributed by atoms with Gasteiger partial charge in [-0.1, -0.05) is 18.9 Å². The fourth-order valence-electron chi connectivity index (χ4n) is 3.98. The molecule has 0 aromatic heterocycles. The standard InChI is InChI=1S/C16H22F2N2O/c17-12-4-3-5-13(18)14(12)15(20-19)11-6-9-21-16(10-11)7-1-2-8-16/h3-5,11,15,20H,1-2,6-10,19H2. The molecule has 1 heterocycles. The van der Waals surface area contributed by atoms with Gasteiger partial charge in [0.25, 0.3) is 0 Å². The van der Waals surface area contributed by atoms with Crippen LogP contribution in [0.1, 0.15) is 50.1 Å². The highest BCUT2D eigenvalue weighted by atomic mass is 19.1. The van der Waals surface area contributed by atoms with Crippen LogP contribution >= 0.6 is 0 Å². The molecule has 2 aliphatic rings. The highest BCUT2D eigenvalue weighted by Crippen LogP contribution is 2.45. The zero-order valence-electron chi connectivity index (χ0n) is 12.1. The summed E-state index contributed by atoms with van der Waals surface area (Å²) in [6.45, 7) is 0.638. The number of benzene rings is 1. The topological polar surface area (TPSA) is 47.3 Å². The third-order valence-corrected chi connectivity index (χ3v) is 5.01. The lowest BCUT2D eigenvalue weighted by Gasteiger charge is -2.41. The SMILES string of the molecule is NNC(c1c(F)cccc1F)C1CCOC2(CCCC2)C1. The molecular formula is C16H22F2N2O. The van der Waals surface area contributed by atoms with E-state index in [1.165, 1.54) is 31.0 Å². The zero-order chi connectivity index (χ0) is 14.9. The van der Waals surface area contributed by atoms with E-state index in [1.54, 1.807) is 0 Å². The molecule has 0 amide bonds. The van der Waals surface area contributed by atoms with Crippen molar-refractivity contribution in [3.8, 4) is 0 Å². The van der Waals surface area contributed by atoms with E-state index < -0.39 is 17.7 Å². The van der Waals surface area contributed by atoms with Crippen LogP contribution in [0.5, 0.6) is 0 Å². The lowest BCUT2D eigenvalue weighted by atomic mass is 9.78. The summed E-state index contributed by atoms with van der Waals surface area (Å²) in [5, 5.41) is 0. The molecule has 1 aliphatic carbocycles. The molecule has 3 N–H and O–H groups in total. The first-order valence-corrected chi connectivity index (χ1v) is 7.69. The number of hydrazine groups is 1. The fraction of sp³-hybridized carbons (Fsp3) is 0.625. The monoisotopic (exact) mass is 296 g/mol. The minimum absolute atomic E-state index is 0.0556. The van der Waals surface area contributed by atoms with E-state index in [2.05, 4.69) is 5.43 Å². The number of ether oxygens (including phenoxy) is 1. The van der Waals surface area contributed by atoms with Crippen molar-refractivity contribution in [2.45, 2.75) is 50.2 Å². The van der Waals surface area contributed by atoms with E-state index >= 15 is 0 Å². The average Bonchev–Trinajstić information content (AvgIpc) is 2.91. The number of nitrogens with two attached hydrogens (primary N) is 1. The molecule has 1 aromatic carbocycles. The van der Waals surface area contributed by atoms with Gasteiger partial charge in [0.15, 0.2) is 0 Å². The minimum Gasteiger partial charge on any atom is -0.375 e. The highest BCUT2D eigenvalue weighted by Gasteiger charge is 2.42. The summed E-state index contributed by atoms with van der Waals surface area (Å²) in [6.07, 6.45) is 6.00. The Morgan fingerprint density at radius 1 is 1.24 bits per heavy atom. The molecule has 3 rings (SSSR count). The van der Waals surface area contributed by atoms with E-state index in [9.17, 15) is 8.78 Å². The lowest BCUT2D eigenvalue weighted by molar-refractivity contribution is -0.0985. The Balaban J connectivity index is 1.86. The van der Waals surface area contributed by atoms with Crippen molar-refractivity contribution in [1.29, 1.82) is 0 Å². The molecule has 5 heteroatoms. The maximum Gasteiger partial charge on any atom is 0.130 e. The average molecular weight is 296 g/mol. The number of hydrogen-bond acceptors (Lipinski definition) is 3. The van der Waals surface area contributed by atoms with Gasteiger partial charge in [0.1, 0.15) is 11.6 Å². The van der Waals surface area contributed by atoms with E-state index in [-0.39, 0.29) is 17.1 Å². The van der Waals surface area contributed by atoms with E-state index in [0.29, 0.717) is 6.61 Å². The summed E-state index contributed by atoms with van der Waals surface area (Å²) in [7, 11) is 0. The van der Waals surface area contributed by atoms with Gasteiger partial charge in [-0.15, -0.1) is 0 Å². The largest absolute Gasteiger partial charge is 0.375 e. The van der Waals surface area contributed by atoms with Gasteiger partial charge in [-0.3, -0.25) is 11.3 Å². The Morgan fingerprint density at radius 3 is 2.52 bits per heavy atom. The summed E-state index contributed by atoms with van der Waals surface area (Å²) in [5.41, 5.74) is 2.60. The van der Waals surface area contributed by atoms with Crippen molar-refractivity contribution in [1.82, 2.24) is 5.43 Å². The van der Waals surface area contributed by atoms with Crippen LogP contribution in [0.4, 0.5) is 8.78 Å². The van der Waals surface area contributed by atoms with Crippen molar-refractivity contribution in [3.05, 3.63) is 35.4 Å². The van der Waals surface area contributed by atoms with Gasteiger partial charge < -0.3 is 4.74 Å². The van der Waals surface area contributed by atoms with Crippen LogP contribution in [-0.2, 0) is 4.74 Å². The Bertz CT molecular complexity index is 483. The zero-order valence-corrected chi connectivity index (χ0v) is 12.1. The van der Waals surface area contributed by atoms with Crippen molar-refractivity contribution in [2.24, 2.45) is 11.8 Å². The van der Waals surface area contributed by atoms with Crippen LogP contribution in [0.25, 0.3) is 0 Å². The molecule has 2 unspecified atom stereocenters. The highest BCUT2D eigenvalue weighted by molar-refractivity contribution is 5.24. The van der Waals surface area contributed by atoms with E-state index in [1.807, 2.05) is 0 Å². The molecule has 1 spiro atoms. The normalized spacial score (nSPS) is 26.1. The molecule has 1 aromatic rings. The first-order valence-electron chi connectivity index (χ1n) is 7.69. The molecule has 1 saturated heterocycles. The predicted molar refractivity (Wildman–Crippen MR) is 76.3 cm³/mol.